The SMILES string of the molecule is Cc1nc([C@H]2CCN(C(=O)c3ccn[nH]3)C2)ncc1C(=O)Nc1ccc(Cl)cc1. The Labute approximate surface area is 172 Å². The summed E-state index contributed by atoms with van der Waals surface area (Å²) >= 11 is 5.87. The van der Waals surface area contributed by atoms with Crippen molar-refractivity contribution in [1.29, 1.82) is 0 Å². The van der Waals surface area contributed by atoms with Gasteiger partial charge >= 0.3 is 0 Å². The number of amides is 2. The highest BCUT2D eigenvalue weighted by atomic mass is 35.5. The fourth-order valence-corrected chi connectivity index (χ4v) is 3.46. The van der Waals surface area contributed by atoms with Gasteiger partial charge in [-0.25, -0.2) is 9.97 Å². The summed E-state index contributed by atoms with van der Waals surface area (Å²) in [7, 11) is 0. The molecule has 1 atom stereocenters. The van der Waals surface area contributed by atoms with Crippen molar-refractivity contribution in [3.05, 3.63) is 70.5 Å². The highest BCUT2D eigenvalue weighted by Gasteiger charge is 2.30. The minimum absolute atomic E-state index is 0.0361. The van der Waals surface area contributed by atoms with E-state index < -0.39 is 0 Å². The number of anilines is 1. The predicted octanol–water partition coefficient (Wildman–Crippen LogP) is 3.04. The van der Waals surface area contributed by atoms with Gasteiger partial charge in [-0.05, 0) is 43.7 Å². The number of rotatable bonds is 4. The first-order chi connectivity index (χ1) is 14.0. The van der Waals surface area contributed by atoms with Gasteiger partial charge in [0, 0.05) is 42.1 Å². The number of nitrogens with one attached hydrogen (secondary N) is 2. The van der Waals surface area contributed by atoms with E-state index in [9.17, 15) is 9.59 Å². The first-order valence-corrected chi connectivity index (χ1v) is 9.58. The summed E-state index contributed by atoms with van der Waals surface area (Å²) in [6.45, 7) is 2.95. The molecule has 4 rings (SSSR count). The molecule has 2 N–H and O–H groups in total. The standard InChI is InChI=1S/C20H19ClN6O2/c1-12-16(19(28)25-15-4-2-14(21)3-5-15)10-22-18(24-12)13-7-9-27(11-13)20(29)17-6-8-23-26-17/h2-6,8,10,13H,7,9,11H2,1H3,(H,23,26)(H,25,28)/t13-/m0/s1. The molecular formula is C20H19ClN6O2. The molecule has 148 valence electrons. The quantitative estimate of drug-likeness (QED) is 0.688. The molecule has 1 saturated heterocycles. The summed E-state index contributed by atoms with van der Waals surface area (Å²) in [6, 6.07) is 8.54. The van der Waals surface area contributed by atoms with Crippen molar-refractivity contribution in [2.24, 2.45) is 0 Å². The molecule has 1 aromatic carbocycles. The molecule has 0 aliphatic carbocycles. The summed E-state index contributed by atoms with van der Waals surface area (Å²) in [5.74, 6) is 0.318. The third-order valence-corrected chi connectivity index (χ3v) is 5.17. The number of hydrogen-bond acceptors (Lipinski definition) is 5. The van der Waals surface area contributed by atoms with Crippen LogP contribution in [0.4, 0.5) is 5.69 Å². The van der Waals surface area contributed by atoms with Gasteiger partial charge < -0.3 is 10.2 Å². The second-order valence-electron chi connectivity index (χ2n) is 6.90. The Balaban J connectivity index is 1.44. The minimum atomic E-state index is -0.279. The molecule has 1 fully saturated rings. The zero-order chi connectivity index (χ0) is 20.4. The molecule has 3 aromatic rings. The lowest BCUT2D eigenvalue weighted by Crippen LogP contribution is -2.29. The summed E-state index contributed by atoms with van der Waals surface area (Å²) in [4.78, 5) is 35.7. The number of hydrogen-bond donors (Lipinski definition) is 2. The van der Waals surface area contributed by atoms with Crippen LogP contribution in [0.5, 0.6) is 0 Å². The first-order valence-electron chi connectivity index (χ1n) is 9.20. The summed E-state index contributed by atoms with van der Waals surface area (Å²) in [5, 5.41) is 9.93. The third kappa shape index (κ3) is 4.12. The predicted molar refractivity (Wildman–Crippen MR) is 108 cm³/mol. The molecule has 0 unspecified atom stereocenters. The molecular weight excluding hydrogens is 392 g/mol. The monoisotopic (exact) mass is 410 g/mol. The van der Waals surface area contributed by atoms with E-state index in [-0.39, 0.29) is 17.7 Å². The second kappa shape index (κ2) is 8.00. The van der Waals surface area contributed by atoms with E-state index in [1.807, 2.05) is 0 Å². The molecule has 3 heterocycles. The Morgan fingerprint density at radius 2 is 2.03 bits per heavy atom. The molecule has 0 radical (unpaired) electrons. The number of aromatic nitrogens is 4. The zero-order valence-corrected chi connectivity index (χ0v) is 16.5. The van der Waals surface area contributed by atoms with Gasteiger partial charge in [-0.3, -0.25) is 14.7 Å². The van der Waals surface area contributed by atoms with Crippen molar-refractivity contribution in [1.82, 2.24) is 25.1 Å². The molecule has 29 heavy (non-hydrogen) atoms. The van der Waals surface area contributed by atoms with Gasteiger partial charge in [0.25, 0.3) is 11.8 Å². The van der Waals surface area contributed by atoms with E-state index in [0.717, 1.165) is 6.42 Å². The van der Waals surface area contributed by atoms with Crippen molar-refractivity contribution >= 4 is 29.1 Å². The van der Waals surface area contributed by atoms with Gasteiger partial charge in [0.1, 0.15) is 11.5 Å². The molecule has 1 aliphatic heterocycles. The first kappa shape index (κ1) is 19.1. The van der Waals surface area contributed by atoms with E-state index in [2.05, 4.69) is 25.5 Å². The van der Waals surface area contributed by atoms with E-state index in [1.165, 1.54) is 0 Å². The number of likely N-dealkylation sites (tertiary alicyclic amines) is 1. The van der Waals surface area contributed by atoms with Crippen molar-refractivity contribution in [3.63, 3.8) is 0 Å². The van der Waals surface area contributed by atoms with E-state index in [0.29, 0.717) is 46.6 Å². The Kier molecular flexibility index (Phi) is 5.26. The van der Waals surface area contributed by atoms with Gasteiger partial charge in [-0.1, -0.05) is 11.6 Å². The molecule has 0 saturated carbocycles. The normalized spacial score (nSPS) is 16.1. The fourth-order valence-electron chi connectivity index (χ4n) is 3.34. The molecule has 0 spiro atoms. The van der Waals surface area contributed by atoms with Crippen LogP contribution in [0.3, 0.4) is 0 Å². The fraction of sp³-hybridized carbons (Fsp3) is 0.250. The summed E-state index contributed by atoms with van der Waals surface area (Å²) in [6.07, 6.45) is 3.87. The van der Waals surface area contributed by atoms with Crippen LogP contribution in [0.2, 0.25) is 5.02 Å². The second-order valence-corrected chi connectivity index (χ2v) is 7.33. The van der Waals surface area contributed by atoms with Gasteiger partial charge in [0.15, 0.2) is 0 Å². The molecule has 0 bridgehead atoms. The number of halogens is 1. The Morgan fingerprint density at radius 1 is 1.24 bits per heavy atom. The highest BCUT2D eigenvalue weighted by molar-refractivity contribution is 6.30. The lowest BCUT2D eigenvalue weighted by atomic mass is 10.1. The maximum atomic E-state index is 12.5. The molecule has 8 nitrogen and oxygen atoms in total. The number of benzene rings is 1. The van der Waals surface area contributed by atoms with Gasteiger partial charge in [0.2, 0.25) is 0 Å². The number of H-pyrrole nitrogens is 1. The van der Waals surface area contributed by atoms with Crippen molar-refractivity contribution in [2.45, 2.75) is 19.3 Å². The maximum Gasteiger partial charge on any atom is 0.271 e. The van der Waals surface area contributed by atoms with Crippen LogP contribution in [0.1, 0.15) is 44.7 Å². The van der Waals surface area contributed by atoms with Crippen molar-refractivity contribution < 1.29 is 9.59 Å². The van der Waals surface area contributed by atoms with Crippen molar-refractivity contribution in [2.75, 3.05) is 18.4 Å². The molecule has 2 aromatic heterocycles. The largest absolute Gasteiger partial charge is 0.337 e. The average Bonchev–Trinajstić information content (AvgIpc) is 3.41. The van der Waals surface area contributed by atoms with Crippen LogP contribution >= 0.6 is 11.6 Å². The lowest BCUT2D eigenvalue weighted by molar-refractivity contribution is 0.0784. The summed E-state index contributed by atoms with van der Waals surface area (Å²) in [5.41, 5.74) is 2.12. The minimum Gasteiger partial charge on any atom is -0.337 e. The van der Waals surface area contributed by atoms with Crippen LogP contribution in [0.25, 0.3) is 0 Å². The highest BCUT2D eigenvalue weighted by Crippen LogP contribution is 2.26. The lowest BCUT2D eigenvalue weighted by Gasteiger charge is -2.15. The molecule has 2 amide bonds. The Morgan fingerprint density at radius 3 is 2.72 bits per heavy atom. The van der Waals surface area contributed by atoms with Gasteiger partial charge in [-0.2, -0.15) is 5.10 Å². The van der Waals surface area contributed by atoms with Crippen LogP contribution in [0, 0.1) is 6.92 Å². The van der Waals surface area contributed by atoms with Crippen LogP contribution in [-0.4, -0.2) is 50.0 Å². The Bertz CT molecular complexity index is 1040. The number of aryl methyl sites for hydroxylation is 1. The number of carbonyl (C=O) groups is 2. The van der Waals surface area contributed by atoms with E-state index >= 15 is 0 Å². The number of nitrogens with zero attached hydrogens (tertiary/aromatic N) is 4. The maximum absolute atomic E-state index is 12.5. The topological polar surface area (TPSA) is 104 Å². The van der Waals surface area contributed by atoms with E-state index in [4.69, 9.17) is 11.6 Å². The average molecular weight is 411 g/mol. The van der Waals surface area contributed by atoms with Crippen molar-refractivity contribution in [3.8, 4) is 0 Å². The molecule has 1 aliphatic rings. The smallest absolute Gasteiger partial charge is 0.271 e. The summed E-state index contributed by atoms with van der Waals surface area (Å²) < 4.78 is 0. The number of carbonyl (C=O) groups excluding carboxylic acids is 2. The van der Waals surface area contributed by atoms with E-state index in [1.54, 1.807) is 54.5 Å². The van der Waals surface area contributed by atoms with Gasteiger partial charge in [-0.15, -0.1) is 0 Å². The van der Waals surface area contributed by atoms with Crippen LogP contribution in [0.15, 0.2) is 42.7 Å². The molecule has 9 heteroatoms. The Hall–Kier alpha value is -3.26. The third-order valence-electron chi connectivity index (χ3n) is 4.92. The van der Waals surface area contributed by atoms with Gasteiger partial charge in [0.05, 0.1) is 11.3 Å². The zero-order valence-electron chi connectivity index (χ0n) is 15.7. The van der Waals surface area contributed by atoms with Crippen LogP contribution in [-0.2, 0) is 0 Å². The van der Waals surface area contributed by atoms with Crippen LogP contribution < -0.4 is 5.32 Å². The number of aromatic amines is 1.